The van der Waals surface area contributed by atoms with Crippen LogP contribution in [0.1, 0.15) is 38.1 Å². The molecule has 2 aromatic carbocycles. The third kappa shape index (κ3) is 4.66. The van der Waals surface area contributed by atoms with Crippen LogP contribution >= 0.6 is 0 Å². The number of amides is 1. The standard InChI is InChI=1S/C20H17N3O8/c1-11(24)22-20(15-6-4-5-7-16(15)23(27)28)31-19(21-22)14-8-9-17(29-12(2)25)18(10-14)30-13(3)26/h4-10,20H,1-3H3/t20-/m0/s1. The molecule has 11 heteroatoms. The number of carbonyl (C=O) groups is 3. The van der Waals surface area contributed by atoms with Gasteiger partial charge in [0.1, 0.15) is 0 Å². The third-order valence-electron chi connectivity index (χ3n) is 4.06. The number of nitrogens with zero attached hydrogens (tertiary/aromatic N) is 3. The second kappa shape index (κ2) is 8.61. The van der Waals surface area contributed by atoms with E-state index in [1.807, 2.05) is 0 Å². The van der Waals surface area contributed by atoms with Crippen LogP contribution in [0.15, 0.2) is 47.6 Å². The van der Waals surface area contributed by atoms with Crippen LogP contribution in [-0.4, -0.2) is 33.7 Å². The van der Waals surface area contributed by atoms with Crippen LogP contribution in [0.4, 0.5) is 5.69 Å². The average Bonchev–Trinajstić information content (AvgIpc) is 3.14. The molecule has 0 unspecified atom stereocenters. The first-order chi connectivity index (χ1) is 14.7. The second-order valence-electron chi connectivity index (χ2n) is 6.40. The number of ether oxygens (including phenoxy) is 3. The molecule has 0 spiro atoms. The highest BCUT2D eigenvalue weighted by molar-refractivity contribution is 5.97. The number of para-hydroxylation sites is 1. The van der Waals surface area contributed by atoms with E-state index in [1.165, 1.54) is 57.2 Å². The topological polar surface area (TPSA) is 138 Å². The van der Waals surface area contributed by atoms with Gasteiger partial charge in [-0.15, -0.1) is 5.10 Å². The Morgan fingerprint density at radius 3 is 2.29 bits per heavy atom. The van der Waals surface area contributed by atoms with E-state index in [0.29, 0.717) is 5.56 Å². The maximum atomic E-state index is 12.1. The van der Waals surface area contributed by atoms with Crippen molar-refractivity contribution in [1.82, 2.24) is 5.01 Å². The first kappa shape index (κ1) is 21.4. The van der Waals surface area contributed by atoms with E-state index >= 15 is 0 Å². The van der Waals surface area contributed by atoms with Crippen molar-refractivity contribution in [3.8, 4) is 11.5 Å². The minimum Gasteiger partial charge on any atom is -0.445 e. The minimum atomic E-state index is -1.17. The molecule has 1 amide bonds. The Balaban J connectivity index is 2.01. The molecule has 0 radical (unpaired) electrons. The van der Waals surface area contributed by atoms with Crippen molar-refractivity contribution in [3.05, 3.63) is 63.7 Å². The summed E-state index contributed by atoms with van der Waals surface area (Å²) in [6.07, 6.45) is -1.17. The first-order valence-corrected chi connectivity index (χ1v) is 8.97. The highest BCUT2D eigenvalue weighted by atomic mass is 16.6. The maximum Gasteiger partial charge on any atom is 0.308 e. The molecule has 1 aliphatic heterocycles. The van der Waals surface area contributed by atoms with Crippen molar-refractivity contribution in [2.75, 3.05) is 0 Å². The van der Waals surface area contributed by atoms with E-state index < -0.39 is 29.0 Å². The summed E-state index contributed by atoms with van der Waals surface area (Å²) >= 11 is 0. The molecule has 0 aliphatic carbocycles. The highest BCUT2D eigenvalue weighted by Gasteiger charge is 2.37. The van der Waals surface area contributed by atoms with Gasteiger partial charge in [0.05, 0.1) is 10.5 Å². The number of hydrogen-bond donors (Lipinski definition) is 0. The van der Waals surface area contributed by atoms with E-state index in [9.17, 15) is 24.5 Å². The van der Waals surface area contributed by atoms with Crippen molar-refractivity contribution < 1.29 is 33.5 Å². The van der Waals surface area contributed by atoms with Gasteiger partial charge in [-0.3, -0.25) is 24.5 Å². The predicted octanol–water partition coefficient (Wildman–Crippen LogP) is 2.68. The normalized spacial score (nSPS) is 15.0. The number of carbonyl (C=O) groups excluding carboxylic acids is 3. The Hall–Kier alpha value is -4.28. The van der Waals surface area contributed by atoms with Gasteiger partial charge in [0.25, 0.3) is 5.69 Å². The zero-order valence-electron chi connectivity index (χ0n) is 16.7. The Morgan fingerprint density at radius 1 is 1.03 bits per heavy atom. The molecule has 0 aromatic heterocycles. The fraction of sp³-hybridized carbons (Fsp3) is 0.200. The van der Waals surface area contributed by atoms with Crippen molar-refractivity contribution in [2.24, 2.45) is 5.10 Å². The highest BCUT2D eigenvalue weighted by Crippen LogP contribution is 2.37. The number of rotatable bonds is 5. The van der Waals surface area contributed by atoms with Gasteiger partial charge in [0, 0.05) is 32.4 Å². The van der Waals surface area contributed by atoms with E-state index in [-0.39, 0.29) is 28.6 Å². The van der Waals surface area contributed by atoms with Gasteiger partial charge in [0.15, 0.2) is 11.5 Å². The number of nitro groups is 1. The Labute approximate surface area is 176 Å². The summed E-state index contributed by atoms with van der Waals surface area (Å²) in [5, 5.41) is 16.5. The lowest BCUT2D eigenvalue weighted by molar-refractivity contribution is -0.386. The smallest absolute Gasteiger partial charge is 0.308 e. The van der Waals surface area contributed by atoms with Gasteiger partial charge in [-0.25, -0.2) is 0 Å². The van der Waals surface area contributed by atoms with Crippen molar-refractivity contribution in [2.45, 2.75) is 27.0 Å². The molecule has 3 rings (SSSR count). The summed E-state index contributed by atoms with van der Waals surface area (Å²) in [6, 6.07) is 10.0. The Bertz CT molecular complexity index is 1110. The zero-order valence-corrected chi connectivity index (χ0v) is 16.7. The van der Waals surface area contributed by atoms with Crippen LogP contribution < -0.4 is 9.47 Å². The average molecular weight is 427 g/mol. The van der Waals surface area contributed by atoms with Crippen LogP contribution in [0.3, 0.4) is 0 Å². The van der Waals surface area contributed by atoms with Crippen LogP contribution in [-0.2, 0) is 19.1 Å². The van der Waals surface area contributed by atoms with E-state index in [1.54, 1.807) is 6.07 Å². The minimum absolute atomic E-state index is 0.00344. The SMILES string of the molecule is CC(=O)Oc1ccc(C2=NN(C(C)=O)[C@H](c3ccccc3[N+](=O)[O-])O2)cc1OC(C)=O. The first-order valence-electron chi connectivity index (χ1n) is 8.97. The van der Waals surface area contributed by atoms with E-state index in [2.05, 4.69) is 5.10 Å². The molecule has 1 heterocycles. The van der Waals surface area contributed by atoms with E-state index in [4.69, 9.17) is 14.2 Å². The summed E-state index contributed by atoms with van der Waals surface area (Å²) in [5.41, 5.74) is 0.193. The number of esters is 2. The van der Waals surface area contributed by atoms with Crippen molar-refractivity contribution in [1.29, 1.82) is 0 Å². The molecule has 0 saturated carbocycles. The third-order valence-corrected chi connectivity index (χ3v) is 4.06. The molecule has 1 atom stereocenters. The Morgan fingerprint density at radius 2 is 1.68 bits per heavy atom. The van der Waals surface area contributed by atoms with Gasteiger partial charge >= 0.3 is 11.9 Å². The zero-order chi connectivity index (χ0) is 22.7. The van der Waals surface area contributed by atoms with Crippen molar-refractivity contribution in [3.63, 3.8) is 0 Å². The maximum absolute atomic E-state index is 12.1. The molecular weight excluding hydrogens is 410 g/mol. The second-order valence-corrected chi connectivity index (χ2v) is 6.40. The molecular formula is C20H17N3O8. The molecule has 0 saturated heterocycles. The largest absolute Gasteiger partial charge is 0.445 e. The number of benzene rings is 2. The molecule has 0 fully saturated rings. The molecule has 2 aromatic rings. The molecule has 0 bridgehead atoms. The quantitative estimate of drug-likeness (QED) is 0.307. The number of hydrogen-bond acceptors (Lipinski definition) is 9. The number of nitro benzene ring substituents is 1. The summed E-state index contributed by atoms with van der Waals surface area (Å²) in [5.74, 6) is -1.87. The molecule has 1 aliphatic rings. The van der Waals surface area contributed by atoms with Crippen LogP contribution in [0.2, 0.25) is 0 Å². The molecule has 31 heavy (non-hydrogen) atoms. The number of hydrazone groups is 1. The summed E-state index contributed by atoms with van der Waals surface area (Å²) in [7, 11) is 0. The lowest BCUT2D eigenvalue weighted by atomic mass is 10.1. The summed E-state index contributed by atoms with van der Waals surface area (Å²) in [4.78, 5) is 45.6. The lowest BCUT2D eigenvalue weighted by Crippen LogP contribution is -2.25. The van der Waals surface area contributed by atoms with Gasteiger partial charge < -0.3 is 14.2 Å². The fourth-order valence-corrected chi connectivity index (χ4v) is 2.86. The monoisotopic (exact) mass is 427 g/mol. The summed E-state index contributed by atoms with van der Waals surface area (Å²) < 4.78 is 15.9. The molecule has 11 nitrogen and oxygen atoms in total. The van der Waals surface area contributed by atoms with Gasteiger partial charge in [-0.1, -0.05) is 12.1 Å². The van der Waals surface area contributed by atoms with Crippen LogP contribution in [0.25, 0.3) is 0 Å². The van der Waals surface area contributed by atoms with Gasteiger partial charge in [-0.2, -0.15) is 5.01 Å². The van der Waals surface area contributed by atoms with E-state index in [0.717, 1.165) is 5.01 Å². The van der Waals surface area contributed by atoms with Crippen LogP contribution in [0, 0.1) is 10.1 Å². The fourth-order valence-electron chi connectivity index (χ4n) is 2.86. The Kier molecular flexibility index (Phi) is 5.95. The van der Waals surface area contributed by atoms with Gasteiger partial charge in [0.2, 0.25) is 18.0 Å². The van der Waals surface area contributed by atoms with Crippen molar-refractivity contribution >= 4 is 29.4 Å². The molecule has 0 N–H and O–H groups in total. The van der Waals surface area contributed by atoms with Gasteiger partial charge in [-0.05, 0) is 24.3 Å². The molecule has 160 valence electrons. The lowest BCUT2D eigenvalue weighted by Gasteiger charge is -2.19. The van der Waals surface area contributed by atoms with Crippen LogP contribution in [0.5, 0.6) is 11.5 Å². The predicted molar refractivity (Wildman–Crippen MR) is 105 cm³/mol. The summed E-state index contributed by atoms with van der Waals surface area (Å²) in [6.45, 7) is 3.61.